The summed E-state index contributed by atoms with van der Waals surface area (Å²) < 4.78 is 0.752. The van der Waals surface area contributed by atoms with Crippen LogP contribution in [-0.4, -0.2) is 34.5 Å². The van der Waals surface area contributed by atoms with Gasteiger partial charge in [0.2, 0.25) is 0 Å². The SMILES string of the molecule is CCN(CC)CCc1nc(Cl)c(Br)c(-c2ccccc2)n1. The summed E-state index contributed by atoms with van der Waals surface area (Å²) in [6.07, 6.45) is 0.800. The normalized spacial score (nSPS) is 11.1. The summed E-state index contributed by atoms with van der Waals surface area (Å²) in [5.41, 5.74) is 1.89. The Morgan fingerprint density at radius 1 is 1.10 bits per heavy atom. The van der Waals surface area contributed by atoms with Crippen LogP contribution in [-0.2, 0) is 6.42 Å². The summed E-state index contributed by atoms with van der Waals surface area (Å²) in [5.74, 6) is 0.786. The molecule has 0 aliphatic rings. The van der Waals surface area contributed by atoms with Crippen molar-refractivity contribution < 1.29 is 0 Å². The van der Waals surface area contributed by atoms with Gasteiger partial charge in [0.15, 0.2) is 0 Å². The van der Waals surface area contributed by atoms with Crippen LogP contribution in [0.3, 0.4) is 0 Å². The molecule has 0 radical (unpaired) electrons. The Balaban J connectivity index is 2.27. The molecule has 3 nitrogen and oxygen atoms in total. The Morgan fingerprint density at radius 3 is 2.38 bits per heavy atom. The van der Waals surface area contributed by atoms with Crippen LogP contribution in [0.2, 0.25) is 5.15 Å². The molecule has 2 rings (SSSR count). The fraction of sp³-hybridized carbons (Fsp3) is 0.375. The Hall–Kier alpha value is -0.970. The highest BCUT2D eigenvalue weighted by Crippen LogP contribution is 2.31. The van der Waals surface area contributed by atoms with Crippen molar-refractivity contribution in [1.29, 1.82) is 0 Å². The molecule has 1 aromatic heterocycles. The zero-order valence-corrected chi connectivity index (χ0v) is 14.7. The van der Waals surface area contributed by atoms with Crippen molar-refractivity contribution in [1.82, 2.24) is 14.9 Å². The summed E-state index contributed by atoms with van der Waals surface area (Å²) in [7, 11) is 0. The molecule has 21 heavy (non-hydrogen) atoms. The molecule has 0 fully saturated rings. The van der Waals surface area contributed by atoms with E-state index < -0.39 is 0 Å². The third-order valence-corrected chi connectivity index (χ3v) is 4.70. The van der Waals surface area contributed by atoms with Crippen LogP contribution < -0.4 is 0 Å². The van der Waals surface area contributed by atoms with Gasteiger partial charge in [-0.1, -0.05) is 55.8 Å². The average Bonchev–Trinajstić information content (AvgIpc) is 2.52. The van der Waals surface area contributed by atoms with Crippen LogP contribution in [0.5, 0.6) is 0 Å². The van der Waals surface area contributed by atoms with Gasteiger partial charge in [-0.3, -0.25) is 0 Å². The first-order valence-corrected chi connectivity index (χ1v) is 8.32. The number of hydrogen-bond donors (Lipinski definition) is 0. The standard InChI is InChI=1S/C16H19BrClN3/c1-3-21(4-2)11-10-13-19-15(14(17)16(18)20-13)12-8-6-5-7-9-12/h5-9H,3-4,10-11H2,1-2H3. The topological polar surface area (TPSA) is 29.0 Å². The van der Waals surface area contributed by atoms with Crippen LogP contribution in [0.25, 0.3) is 11.3 Å². The van der Waals surface area contributed by atoms with E-state index >= 15 is 0 Å². The van der Waals surface area contributed by atoms with E-state index in [0.717, 1.165) is 47.6 Å². The first-order valence-electron chi connectivity index (χ1n) is 7.15. The molecule has 2 aromatic rings. The number of hydrogen-bond acceptors (Lipinski definition) is 3. The summed E-state index contributed by atoms with van der Waals surface area (Å²) in [6, 6.07) is 10.0. The predicted octanol–water partition coefficient (Wildman–Crippen LogP) is 4.44. The molecule has 0 aliphatic heterocycles. The molecule has 0 saturated carbocycles. The molecule has 1 heterocycles. The van der Waals surface area contributed by atoms with Crippen molar-refractivity contribution in [2.75, 3.05) is 19.6 Å². The third kappa shape index (κ3) is 4.25. The number of aromatic nitrogens is 2. The Kier molecular flexibility index (Phi) is 6.15. The molecule has 0 amide bonds. The van der Waals surface area contributed by atoms with E-state index in [1.165, 1.54) is 0 Å². The molecular formula is C16H19BrClN3. The maximum Gasteiger partial charge on any atom is 0.147 e. The molecule has 1 aromatic carbocycles. The van der Waals surface area contributed by atoms with Gasteiger partial charge in [-0.15, -0.1) is 0 Å². The molecule has 0 aliphatic carbocycles. The minimum absolute atomic E-state index is 0.471. The molecule has 0 atom stereocenters. The summed E-state index contributed by atoms with van der Waals surface area (Å²) in [4.78, 5) is 11.4. The van der Waals surface area contributed by atoms with Gasteiger partial charge in [-0.2, -0.15) is 0 Å². The van der Waals surface area contributed by atoms with E-state index in [0.29, 0.717) is 5.15 Å². The van der Waals surface area contributed by atoms with Gasteiger partial charge in [0.25, 0.3) is 0 Å². The second-order valence-electron chi connectivity index (χ2n) is 4.74. The van der Waals surface area contributed by atoms with Crippen molar-refractivity contribution in [2.45, 2.75) is 20.3 Å². The van der Waals surface area contributed by atoms with E-state index in [4.69, 9.17) is 11.6 Å². The molecule has 0 unspecified atom stereocenters. The van der Waals surface area contributed by atoms with E-state index in [9.17, 15) is 0 Å². The van der Waals surface area contributed by atoms with Crippen LogP contribution in [0, 0.1) is 0 Å². The maximum absolute atomic E-state index is 6.24. The third-order valence-electron chi connectivity index (χ3n) is 3.45. The summed E-state index contributed by atoms with van der Waals surface area (Å²) in [5, 5.41) is 0.471. The summed E-state index contributed by atoms with van der Waals surface area (Å²) in [6.45, 7) is 7.33. The van der Waals surface area contributed by atoms with Crippen molar-refractivity contribution in [3.8, 4) is 11.3 Å². The van der Waals surface area contributed by atoms with Crippen molar-refractivity contribution >= 4 is 27.5 Å². The Morgan fingerprint density at radius 2 is 1.76 bits per heavy atom. The van der Waals surface area contributed by atoms with Crippen molar-refractivity contribution in [3.63, 3.8) is 0 Å². The van der Waals surface area contributed by atoms with Crippen LogP contribution in [0.15, 0.2) is 34.8 Å². The molecule has 0 bridgehead atoms. The second-order valence-corrected chi connectivity index (χ2v) is 5.89. The van der Waals surface area contributed by atoms with E-state index in [2.05, 4.69) is 44.6 Å². The van der Waals surface area contributed by atoms with E-state index in [1.807, 2.05) is 30.3 Å². The lowest BCUT2D eigenvalue weighted by molar-refractivity contribution is 0.306. The first-order chi connectivity index (χ1) is 10.2. The number of nitrogens with zero attached hydrogens (tertiary/aromatic N) is 3. The van der Waals surface area contributed by atoms with Gasteiger partial charge in [0.05, 0.1) is 10.2 Å². The summed E-state index contributed by atoms with van der Waals surface area (Å²) >= 11 is 9.73. The number of likely N-dealkylation sites (N-methyl/N-ethyl adjacent to an activating group) is 1. The smallest absolute Gasteiger partial charge is 0.147 e. The van der Waals surface area contributed by atoms with Gasteiger partial charge in [0, 0.05) is 18.5 Å². The molecule has 5 heteroatoms. The van der Waals surface area contributed by atoms with E-state index in [-0.39, 0.29) is 0 Å². The fourth-order valence-electron chi connectivity index (χ4n) is 2.16. The van der Waals surface area contributed by atoms with Crippen molar-refractivity contribution in [2.24, 2.45) is 0 Å². The number of rotatable bonds is 6. The monoisotopic (exact) mass is 367 g/mol. The molecule has 112 valence electrons. The van der Waals surface area contributed by atoms with Gasteiger partial charge >= 0.3 is 0 Å². The predicted molar refractivity (Wildman–Crippen MR) is 91.7 cm³/mol. The van der Waals surface area contributed by atoms with Gasteiger partial charge < -0.3 is 4.90 Å². The highest BCUT2D eigenvalue weighted by Gasteiger charge is 2.13. The zero-order valence-electron chi connectivity index (χ0n) is 12.3. The number of benzene rings is 1. The molecular weight excluding hydrogens is 350 g/mol. The molecule has 0 spiro atoms. The van der Waals surface area contributed by atoms with Crippen LogP contribution in [0.1, 0.15) is 19.7 Å². The van der Waals surface area contributed by atoms with Gasteiger partial charge in [-0.05, 0) is 29.0 Å². The lowest BCUT2D eigenvalue weighted by atomic mass is 10.1. The Labute approximate surface area is 139 Å². The lowest BCUT2D eigenvalue weighted by Crippen LogP contribution is -2.25. The highest BCUT2D eigenvalue weighted by atomic mass is 79.9. The second kappa shape index (κ2) is 7.87. The van der Waals surface area contributed by atoms with Crippen LogP contribution in [0.4, 0.5) is 0 Å². The minimum Gasteiger partial charge on any atom is -0.303 e. The quantitative estimate of drug-likeness (QED) is 0.706. The van der Waals surface area contributed by atoms with Gasteiger partial charge in [0.1, 0.15) is 11.0 Å². The molecule has 0 N–H and O–H groups in total. The fourth-order valence-corrected chi connectivity index (χ4v) is 2.75. The largest absolute Gasteiger partial charge is 0.303 e. The highest BCUT2D eigenvalue weighted by molar-refractivity contribution is 9.10. The average molecular weight is 369 g/mol. The van der Waals surface area contributed by atoms with Crippen molar-refractivity contribution in [3.05, 3.63) is 45.8 Å². The van der Waals surface area contributed by atoms with Gasteiger partial charge in [-0.25, -0.2) is 9.97 Å². The zero-order chi connectivity index (χ0) is 15.2. The minimum atomic E-state index is 0.471. The van der Waals surface area contributed by atoms with Crippen LogP contribution >= 0.6 is 27.5 Å². The Bertz CT molecular complexity index is 586. The molecule has 0 saturated heterocycles. The number of halogens is 2. The first kappa shape index (κ1) is 16.4. The van der Waals surface area contributed by atoms with E-state index in [1.54, 1.807) is 0 Å². The lowest BCUT2D eigenvalue weighted by Gasteiger charge is -2.17. The maximum atomic E-state index is 6.24.